The third-order valence-electron chi connectivity index (χ3n) is 4.40. The molecule has 0 aromatic rings. The monoisotopic (exact) mass is 224 g/mol. The van der Waals surface area contributed by atoms with Crippen molar-refractivity contribution in [3.8, 4) is 0 Å². The Morgan fingerprint density at radius 1 is 1.44 bits per heavy atom. The van der Waals surface area contributed by atoms with Gasteiger partial charge in [-0.2, -0.15) is 0 Å². The molecule has 0 amide bonds. The quantitative estimate of drug-likeness (QED) is 0.554. The molecule has 1 heterocycles. The lowest BCUT2D eigenvalue weighted by molar-refractivity contribution is -0.147. The van der Waals surface area contributed by atoms with E-state index in [-0.39, 0.29) is 18.0 Å². The highest BCUT2D eigenvalue weighted by Crippen LogP contribution is 2.57. The molecule has 2 saturated carbocycles. The molecule has 0 radical (unpaired) electrons. The number of ether oxygens (including phenoxy) is 2. The first kappa shape index (κ1) is 10.3. The van der Waals surface area contributed by atoms with Gasteiger partial charge in [0.1, 0.15) is 6.10 Å². The lowest BCUT2D eigenvalue weighted by Gasteiger charge is -2.30. The zero-order chi connectivity index (χ0) is 11.3. The van der Waals surface area contributed by atoms with Gasteiger partial charge in [0.15, 0.2) is 6.29 Å². The number of carbonyl (C=O) groups excluding carboxylic acids is 1. The van der Waals surface area contributed by atoms with Gasteiger partial charge in [-0.15, -0.1) is 0 Å². The zero-order valence-electron chi connectivity index (χ0n) is 9.04. The molecule has 2 aliphatic carbocycles. The Kier molecular flexibility index (Phi) is 2.30. The van der Waals surface area contributed by atoms with Gasteiger partial charge in [-0.25, -0.2) is 4.79 Å². The first-order chi connectivity index (χ1) is 7.70. The standard InChI is InChI=1S/C12H16O4/c1-2-10(13)16-9-4-6-3-7(9)8-5-15-12(14)11(6)8/h2,6-9,11-12,14H,1,3-5H2. The Bertz CT molecular complexity index is 327. The largest absolute Gasteiger partial charge is 0.459 e. The third-order valence-corrected chi connectivity index (χ3v) is 4.40. The minimum Gasteiger partial charge on any atom is -0.459 e. The second-order valence-electron chi connectivity index (χ2n) is 5.04. The molecule has 0 aromatic carbocycles. The van der Waals surface area contributed by atoms with Gasteiger partial charge in [-0.05, 0) is 24.7 Å². The summed E-state index contributed by atoms with van der Waals surface area (Å²) in [5.74, 6) is 1.12. The molecule has 3 rings (SSSR count). The molecule has 1 saturated heterocycles. The van der Waals surface area contributed by atoms with Crippen molar-refractivity contribution < 1.29 is 19.4 Å². The molecule has 1 aliphatic heterocycles. The molecule has 3 aliphatic rings. The third kappa shape index (κ3) is 1.33. The van der Waals surface area contributed by atoms with E-state index in [1.165, 1.54) is 6.08 Å². The molecular weight excluding hydrogens is 208 g/mol. The molecule has 2 bridgehead atoms. The molecule has 0 aromatic heterocycles. The summed E-state index contributed by atoms with van der Waals surface area (Å²) in [4.78, 5) is 11.2. The number of hydrogen-bond acceptors (Lipinski definition) is 4. The highest BCUT2D eigenvalue weighted by Gasteiger charge is 2.59. The van der Waals surface area contributed by atoms with Crippen molar-refractivity contribution in [2.24, 2.45) is 23.7 Å². The van der Waals surface area contributed by atoms with Gasteiger partial charge in [0.05, 0.1) is 6.61 Å². The van der Waals surface area contributed by atoms with Gasteiger partial charge in [0.2, 0.25) is 0 Å². The van der Waals surface area contributed by atoms with Crippen LogP contribution in [0.2, 0.25) is 0 Å². The molecular formula is C12H16O4. The SMILES string of the molecule is C=CC(=O)OC1CC2CC1C1COC(O)C21. The van der Waals surface area contributed by atoms with Crippen LogP contribution >= 0.6 is 0 Å². The van der Waals surface area contributed by atoms with Crippen molar-refractivity contribution in [3.63, 3.8) is 0 Å². The maximum atomic E-state index is 11.2. The summed E-state index contributed by atoms with van der Waals surface area (Å²) in [5.41, 5.74) is 0. The van der Waals surface area contributed by atoms with E-state index in [0.29, 0.717) is 24.4 Å². The first-order valence-electron chi connectivity index (χ1n) is 5.83. The molecule has 4 nitrogen and oxygen atoms in total. The molecule has 16 heavy (non-hydrogen) atoms. The van der Waals surface area contributed by atoms with Crippen LogP contribution in [0.4, 0.5) is 0 Å². The predicted octanol–water partition coefficient (Wildman–Crippen LogP) is 0.705. The van der Waals surface area contributed by atoms with Gasteiger partial charge in [-0.3, -0.25) is 0 Å². The summed E-state index contributed by atoms with van der Waals surface area (Å²) in [6.45, 7) is 4.01. The molecule has 88 valence electrons. The molecule has 3 fully saturated rings. The number of hydrogen-bond donors (Lipinski definition) is 1. The second-order valence-corrected chi connectivity index (χ2v) is 5.04. The minimum absolute atomic E-state index is 0.00523. The fourth-order valence-electron chi connectivity index (χ4n) is 3.80. The number of fused-ring (bicyclic) bond motifs is 5. The van der Waals surface area contributed by atoms with E-state index in [0.717, 1.165) is 12.8 Å². The Balaban J connectivity index is 1.71. The van der Waals surface area contributed by atoms with Crippen molar-refractivity contribution in [1.29, 1.82) is 0 Å². The summed E-state index contributed by atoms with van der Waals surface area (Å²) >= 11 is 0. The van der Waals surface area contributed by atoms with Gasteiger partial charge in [-0.1, -0.05) is 6.58 Å². The average molecular weight is 224 g/mol. The average Bonchev–Trinajstić information content (AvgIpc) is 2.91. The van der Waals surface area contributed by atoms with E-state index in [1.807, 2.05) is 0 Å². The van der Waals surface area contributed by atoms with Crippen molar-refractivity contribution in [2.75, 3.05) is 6.61 Å². The summed E-state index contributed by atoms with van der Waals surface area (Å²) < 4.78 is 10.6. The number of esters is 1. The summed E-state index contributed by atoms with van der Waals surface area (Å²) in [5, 5.41) is 9.69. The maximum Gasteiger partial charge on any atom is 0.330 e. The van der Waals surface area contributed by atoms with Gasteiger partial charge < -0.3 is 14.6 Å². The van der Waals surface area contributed by atoms with Crippen LogP contribution in [-0.4, -0.2) is 30.1 Å². The lowest BCUT2D eigenvalue weighted by Crippen LogP contribution is -2.35. The number of rotatable bonds is 2. The molecule has 0 spiro atoms. The van der Waals surface area contributed by atoms with Crippen LogP contribution in [0.25, 0.3) is 0 Å². The van der Waals surface area contributed by atoms with Crippen molar-refractivity contribution in [3.05, 3.63) is 12.7 Å². The van der Waals surface area contributed by atoms with Crippen molar-refractivity contribution >= 4 is 5.97 Å². The van der Waals surface area contributed by atoms with E-state index >= 15 is 0 Å². The maximum absolute atomic E-state index is 11.2. The highest BCUT2D eigenvalue weighted by atomic mass is 16.6. The van der Waals surface area contributed by atoms with Crippen LogP contribution < -0.4 is 0 Å². The Morgan fingerprint density at radius 2 is 2.25 bits per heavy atom. The first-order valence-corrected chi connectivity index (χ1v) is 5.83. The fourth-order valence-corrected chi connectivity index (χ4v) is 3.80. The van der Waals surface area contributed by atoms with E-state index in [1.54, 1.807) is 0 Å². The number of carbonyl (C=O) groups is 1. The Hall–Kier alpha value is -0.870. The second kappa shape index (κ2) is 3.57. The van der Waals surface area contributed by atoms with Crippen LogP contribution in [-0.2, 0) is 14.3 Å². The summed E-state index contributed by atoms with van der Waals surface area (Å²) in [6.07, 6.45) is 2.54. The van der Waals surface area contributed by atoms with E-state index in [2.05, 4.69) is 6.58 Å². The van der Waals surface area contributed by atoms with Crippen LogP contribution in [0, 0.1) is 23.7 Å². The number of aliphatic hydroxyl groups excluding tert-OH is 1. The van der Waals surface area contributed by atoms with Gasteiger partial charge >= 0.3 is 5.97 Å². The Labute approximate surface area is 94.2 Å². The summed E-state index contributed by atoms with van der Waals surface area (Å²) in [6, 6.07) is 0. The van der Waals surface area contributed by atoms with E-state index in [9.17, 15) is 9.90 Å². The molecule has 6 unspecified atom stereocenters. The van der Waals surface area contributed by atoms with Gasteiger partial charge in [0, 0.05) is 17.9 Å². The van der Waals surface area contributed by atoms with Crippen LogP contribution in [0.5, 0.6) is 0 Å². The molecule has 6 atom stereocenters. The van der Waals surface area contributed by atoms with E-state index < -0.39 is 6.29 Å². The predicted molar refractivity (Wildman–Crippen MR) is 55.2 cm³/mol. The van der Waals surface area contributed by atoms with Gasteiger partial charge in [0.25, 0.3) is 0 Å². The topological polar surface area (TPSA) is 55.8 Å². The zero-order valence-corrected chi connectivity index (χ0v) is 9.04. The smallest absolute Gasteiger partial charge is 0.330 e. The summed E-state index contributed by atoms with van der Waals surface area (Å²) in [7, 11) is 0. The van der Waals surface area contributed by atoms with Crippen molar-refractivity contribution in [1.82, 2.24) is 0 Å². The molecule has 1 N–H and O–H groups in total. The highest BCUT2D eigenvalue weighted by molar-refractivity contribution is 5.81. The van der Waals surface area contributed by atoms with Crippen molar-refractivity contribution in [2.45, 2.75) is 25.2 Å². The fraction of sp³-hybridized carbons (Fsp3) is 0.750. The van der Waals surface area contributed by atoms with Crippen LogP contribution in [0.15, 0.2) is 12.7 Å². The minimum atomic E-state index is -0.601. The van der Waals surface area contributed by atoms with E-state index in [4.69, 9.17) is 9.47 Å². The van der Waals surface area contributed by atoms with Crippen LogP contribution in [0.1, 0.15) is 12.8 Å². The molecule has 4 heteroatoms. The number of aliphatic hydroxyl groups is 1. The van der Waals surface area contributed by atoms with Crippen LogP contribution in [0.3, 0.4) is 0 Å². The lowest BCUT2D eigenvalue weighted by atomic mass is 9.79. The Morgan fingerprint density at radius 3 is 3.00 bits per heavy atom. The normalized spacial score (nSPS) is 49.1.